The van der Waals surface area contributed by atoms with Crippen LogP contribution in [0, 0.1) is 27.7 Å². The highest BCUT2D eigenvalue weighted by Crippen LogP contribution is 2.67. The highest BCUT2D eigenvalue weighted by Gasteiger charge is 2.39. The molecule has 0 atom stereocenters. The van der Waals surface area contributed by atoms with Gasteiger partial charge in [-0.25, -0.2) is 29.9 Å². The number of hydrogen-bond acceptors (Lipinski definition) is 7. The molecule has 24 aromatic carbocycles. The van der Waals surface area contributed by atoms with Gasteiger partial charge >= 0.3 is 0 Å². The summed E-state index contributed by atoms with van der Waals surface area (Å²) in [4.78, 5) is 37.2. The van der Waals surface area contributed by atoms with Crippen LogP contribution in [0.1, 0.15) is 22.3 Å². The summed E-state index contributed by atoms with van der Waals surface area (Å²) in [5.74, 6) is 0. The maximum absolute atomic E-state index is 5.51. The fourth-order valence-electron chi connectivity index (χ4n) is 21.5. The van der Waals surface area contributed by atoms with Gasteiger partial charge in [-0.1, -0.05) is 72.8 Å². The Bertz CT molecular complexity index is 7760. The quantitative estimate of drug-likeness (QED) is 0.110. The number of nitrogens with zero attached hydrogens (tertiary/aromatic N) is 7. The second-order valence-electron chi connectivity index (χ2n) is 27.2. The maximum Gasteiger partial charge on any atom is 0.116 e. The molecule has 0 spiro atoms. The van der Waals surface area contributed by atoms with Gasteiger partial charge in [0.15, 0.2) is 0 Å². The van der Waals surface area contributed by atoms with Gasteiger partial charge in [-0.2, -0.15) is 0 Å². The Hall–Kier alpha value is -11.4. The lowest BCUT2D eigenvalue weighted by molar-refractivity contribution is 1.24. The smallest absolute Gasteiger partial charge is 0.116 e. The average molecular weight is 1100 g/mol. The van der Waals surface area contributed by atoms with Crippen molar-refractivity contribution in [2.24, 2.45) is 0 Å². The van der Waals surface area contributed by atoms with E-state index in [1.54, 1.807) is 19.0 Å². The molecule has 0 bridgehead atoms. The van der Waals surface area contributed by atoms with Gasteiger partial charge in [0, 0.05) is 119 Å². The van der Waals surface area contributed by atoms with Crippen molar-refractivity contribution in [3.63, 3.8) is 0 Å². The molecule has 0 N–H and O–H groups in total. The average Bonchev–Trinajstić information content (AvgIpc) is 0.637. The van der Waals surface area contributed by atoms with E-state index >= 15 is 0 Å². The highest BCUT2D eigenvalue weighted by atomic mass is 14.9. The molecule has 0 fully saturated rings. The van der Waals surface area contributed by atoms with Crippen LogP contribution < -0.4 is 0 Å². The van der Waals surface area contributed by atoms with Crippen LogP contribution in [0.2, 0.25) is 0 Å². The van der Waals surface area contributed by atoms with Gasteiger partial charge in [-0.15, -0.1) is 0 Å². The molecule has 0 aliphatic heterocycles. The molecular formula is C81H31N7. The molecule has 0 aliphatic carbocycles. The van der Waals surface area contributed by atoms with Crippen LogP contribution in [-0.4, -0.2) is 34.9 Å². The SMILES string of the molecule is Cc1ccc2c3ncnc4c5ccnc6c7ccc8c9cc%10c%11ccc(C)c%12c%13c(C)ccc%14c%15ncnc%16c%17ncnc%18c%19ccc%20c%21cc%22c%23ccc(C)c%24c1c2c1c(c43)c(c56)c2c7c8c(c%21c9c3c%20c%19c4c(c%18%17)c(c%15%16)c(c%14%13)c(c%11%12)c4c%103)c%22c2c1c%23%24. The van der Waals surface area contributed by atoms with Crippen LogP contribution in [0.25, 0.3) is 292 Å². The van der Waals surface area contributed by atoms with Crippen molar-refractivity contribution in [1.82, 2.24) is 34.9 Å². The fraction of sp³-hybridized carbons (Fsp3) is 0.0494. The summed E-state index contributed by atoms with van der Waals surface area (Å²) in [7, 11) is 0. The van der Waals surface area contributed by atoms with Crippen molar-refractivity contribution >= 4 is 292 Å². The lowest BCUT2D eigenvalue weighted by atomic mass is 9.70. The van der Waals surface area contributed by atoms with E-state index in [0.29, 0.717) is 0 Å². The largest absolute Gasteiger partial charge is 0.256 e. The molecule has 28 aromatic rings. The summed E-state index contributed by atoms with van der Waals surface area (Å²) in [6.07, 6.45) is 7.40. The molecule has 390 valence electrons. The number of aromatic nitrogens is 7. The van der Waals surface area contributed by atoms with Crippen molar-refractivity contribution in [3.8, 4) is 0 Å². The molecule has 7 nitrogen and oxygen atoms in total. The maximum atomic E-state index is 5.51. The van der Waals surface area contributed by atoms with Crippen LogP contribution in [0.5, 0.6) is 0 Å². The molecule has 0 saturated carbocycles. The molecule has 4 heterocycles. The molecule has 0 unspecified atom stereocenters. The van der Waals surface area contributed by atoms with Crippen LogP contribution in [-0.2, 0) is 0 Å². The van der Waals surface area contributed by atoms with E-state index in [0.717, 1.165) is 60.2 Å². The van der Waals surface area contributed by atoms with E-state index in [4.69, 9.17) is 34.9 Å². The molecule has 4 aromatic heterocycles. The first kappa shape index (κ1) is 40.8. The van der Waals surface area contributed by atoms with E-state index in [-0.39, 0.29) is 0 Å². The van der Waals surface area contributed by atoms with Gasteiger partial charge in [-0.05, 0) is 208 Å². The number of fused-ring (bicyclic) bond motifs is 12. The molecule has 7 heteroatoms. The molecular weight excluding hydrogens is 1070 g/mol. The van der Waals surface area contributed by atoms with E-state index in [2.05, 4.69) is 119 Å². The third-order valence-corrected chi connectivity index (χ3v) is 24.1. The molecule has 0 radical (unpaired) electrons. The van der Waals surface area contributed by atoms with Crippen molar-refractivity contribution < 1.29 is 0 Å². The fourth-order valence-corrected chi connectivity index (χ4v) is 21.5. The molecule has 0 saturated heterocycles. The summed E-state index contributed by atoms with van der Waals surface area (Å²) in [5, 5.41) is 61.1. The van der Waals surface area contributed by atoms with E-state index in [1.165, 1.54) is 254 Å². The van der Waals surface area contributed by atoms with Crippen LogP contribution in [0.3, 0.4) is 0 Å². The summed E-state index contributed by atoms with van der Waals surface area (Å²) in [6.45, 7) is 9.32. The highest BCUT2D eigenvalue weighted by molar-refractivity contribution is 6.68. The number of aryl methyl sites for hydroxylation is 4. The Labute approximate surface area is 490 Å². The molecule has 0 amide bonds. The standard InChI is InChI=1S/C81H31N7/c1-24-5-9-28-39-19-38-31-14-16-35-52-48(31)59-54-37(20-40-29-10-6-25(2)42-44-27(4)8-12-33-50(44)63-61(46(29)42)67(56(40)59)65(52)71-70(63)73-77(33)85-22-87-80(73)81-74(71)78(35)86-23-88-81)30-13-15-34-51-47(30)58(53(38)54)55(39)66-60-45(28)41(24)43-26(3)7-11-32-49(43)62(60)69-68(64(51)66)57-36(17-18-82-75(34)57)79-72(69)76(32)83-21-84-79/h5-23H,1-4H3. The van der Waals surface area contributed by atoms with Gasteiger partial charge in [0.25, 0.3) is 0 Å². The normalized spacial score (nSPS) is 14.4. The third-order valence-electron chi connectivity index (χ3n) is 24.1. The Morgan fingerprint density at radius 1 is 0.159 bits per heavy atom. The summed E-state index contributed by atoms with van der Waals surface area (Å²) >= 11 is 0. The summed E-state index contributed by atoms with van der Waals surface area (Å²) < 4.78 is 0. The predicted octanol–water partition coefficient (Wildman–Crippen LogP) is 21.4. The number of benzene rings is 24. The first-order valence-electron chi connectivity index (χ1n) is 30.9. The van der Waals surface area contributed by atoms with Gasteiger partial charge in [0.2, 0.25) is 0 Å². The molecule has 0 aliphatic rings. The summed E-state index contributed by atoms with van der Waals surface area (Å²) in [6, 6.07) is 36.6. The number of hydrogen-bond donors (Lipinski definition) is 0. The number of pyridine rings is 1. The second kappa shape index (κ2) is 11.8. The van der Waals surface area contributed by atoms with Crippen LogP contribution in [0.15, 0.2) is 116 Å². The van der Waals surface area contributed by atoms with Crippen molar-refractivity contribution in [2.45, 2.75) is 27.7 Å². The monoisotopic (exact) mass is 1100 g/mol. The zero-order chi connectivity index (χ0) is 55.9. The number of rotatable bonds is 0. The molecule has 88 heavy (non-hydrogen) atoms. The minimum absolute atomic E-state index is 0.896. The zero-order valence-corrected chi connectivity index (χ0v) is 47.1. The predicted molar refractivity (Wildman–Crippen MR) is 370 cm³/mol. The Balaban J connectivity index is 1.02. The van der Waals surface area contributed by atoms with E-state index < -0.39 is 0 Å². The lowest BCUT2D eigenvalue weighted by Gasteiger charge is -2.32. The van der Waals surface area contributed by atoms with Gasteiger partial charge < -0.3 is 0 Å². The van der Waals surface area contributed by atoms with Crippen molar-refractivity contribution in [2.75, 3.05) is 0 Å². The Kier molecular flexibility index (Phi) is 5.48. The first-order valence-corrected chi connectivity index (χ1v) is 30.9. The Morgan fingerprint density at radius 2 is 0.375 bits per heavy atom. The van der Waals surface area contributed by atoms with E-state index in [9.17, 15) is 0 Å². The minimum atomic E-state index is 0.896. The third kappa shape index (κ3) is 3.44. The van der Waals surface area contributed by atoms with Crippen molar-refractivity contribution in [3.05, 3.63) is 138 Å². The van der Waals surface area contributed by atoms with Gasteiger partial charge in [-0.3, -0.25) is 4.98 Å². The topological polar surface area (TPSA) is 90.2 Å². The summed E-state index contributed by atoms with van der Waals surface area (Å²) in [5.41, 5.74) is 12.0. The van der Waals surface area contributed by atoms with Gasteiger partial charge in [0.1, 0.15) is 30.0 Å². The van der Waals surface area contributed by atoms with Crippen LogP contribution in [0.4, 0.5) is 0 Å². The van der Waals surface area contributed by atoms with Crippen LogP contribution >= 0.6 is 0 Å². The second-order valence-corrected chi connectivity index (χ2v) is 27.2. The van der Waals surface area contributed by atoms with Crippen molar-refractivity contribution in [1.29, 1.82) is 0 Å². The lowest BCUT2D eigenvalue weighted by Crippen LogP contribution is -2.05. The zero-order valence-electron chi connectivity index (χ0n) is 47.1. The van der Waals surface area contributed by atoms with E-state index in [1.807, 2.05) is 6.20 Å². The molecule has 28 rings (SSSR count). The Morgan fingerprint density at radius 3 is 0.761 bits per heavy atom. The minimum Gasteiger partial charge on any atom is -0.256 e. The van der Waals surface area contributed by atoms with Gasteiger partial charge in [0.05, 0.1) is 27.6 Å². The first-order chi connectivity index (χ1) is 43.4.